The Morgan fingerprint density at radius 1 is 1.19 bits per heavy atom. The first-order chi connectivity index (χ1) is 12.8. The molecule has 2 aromatic rings. The van der Waals surface area contributed by atoms with Gasteiger partial charge in [0, 0.05) is 20.8 Å². The summed E-state index contributed by atoms with van der Waals surface area (Å²) in [7, 11) is 0. The summed E-state index contributed by atoms with van der Waals surface area (Å²) in [6, 6.07) is 10.3. The fraction of sp³-hybridized carbons (Fsp3) is 0.263. The van der Waals surface area contributed by atoms with Gasteiger partial charge in [-0.15, -0.1) is 0 Å². The van der Waals surface area contributed by atoms with Crippen molar-refractivity contribution in [3.05, 3.63) is 56.9 Å². The molecule has 1 saturated heterocycles. The molecule has 2 N–H and O–H groups in total. The van der Waals surface area contributed by atoms with Crippen LogP contribution in [0, 0.1) is 15.3 Å². The molecule has 142 valence electrons. The molecule has 0 aromatic heterocycles. The molecule has 2 unspecified atom stereocenters. The minimum absolute atomic E-state index is 0.109. The number of hydrogen-bond acceptors (Lipinski definition) is 2. The standard InChI is InChI=1S/C19H18ClFIN3O2/c1-11-8-17(18(26)24-16-7-4-13(22)9-15(16)21)25(10-11)19(27)23-14-5-2-12(20)3-6-14/h2-7,9,11,17H,8,10H2,1H3,(H,23,27)(H,24,26). The van der Waals surface area contributed by atoms with Gasteiger partial charge in [0.2, 0.25) is 5.91 Å². The molecule has 3 rings (SSSR count). The molecular formula is C19H18ClFIN3O2. The summed E-state index contributed by atoms with van der Waals surface area (Å²) in [6.07, 6.45) is 0.520. The van der Waals surface area contributed by atoms with Crippen LogP contribution in [0.5, 0.6) is 0 Å². The molecule has 3 amide bonds. The largest absolute Gasteiger partial charge is 0.322 e. The lowest BCUT2D eigenvalue weighted by atomic mass is 10.1. The highest BCUT2D eigenvalue weighted by molar-refractivity contribution is 14.1. The third kappa shape index (κ3) is 4.90. The number of amides is 3. The van der Waals surface area contributed by atoms with E-state index >= 15 is 0 Å². The quantitative estimate of drug-likeness (QED) is 0.584. The topological polar surface area (TPSA) is 61.4 Å². The Labute approximate surface area is 175 Å². The molecule has 8 heteroatoms. The van der Waals surface area contributed by atoms with Gasteiger partial charge in [-0.2, -0.15) is 0 Å². The molecule has 5 nitrogen and oxygen atoms in total. The Bertz CT molecular complexity index is 863. The minimum Gasteiger partial charge on any atom is -0.322 e. The number of benzene rings is 2. The van der Waals surface area contributed by atoms with Crippen LogP contribution in [0.25, 0.3) is 0 Å². The van der Waals surface area contributed by atoms with E-state index in [1.807, 2.05) is 29.5 Å². The van der Waals surface area contributed by atoms with Crippen LogP contribution in [0.2, 0.25) is 5.02 Å². The van der Waals surface area contributed by atoms with Gasteiger partial charge in [0.25, 0.3) is 0 Å². The van der Waals surface area contributed by atoms with Gasteiger partial charge in [0.1, 0.15) is 11.9 Å². The van der Waals surface area contributed by atoms with Crippen LogP contribution in [0.15, 0.2) is 42.5 Å². The summed E-state index contributed by atoms with van der Waals surface area (Å²) in [4.78, 5) is 26.8. The molecule has 0 bridgehead atoms. The predicted octanol–water partition coefficient (Wildman–Crippen LogP) is 4.96. The van der Waals surface area contributed by atoms with Crippen molar-refractivity contribution in [1.82, 2.24) is 4.90 Å². The number of carbonyl (C=O) groups excluding carboxylic acids is 2. The van der Waals surface area contributed by atoms with E-state index in [4.69, 9.17) is 11.6 Å². The van der Waals surface area contributed by atoms with E-state index in [-0.39, 0.29) is 17.6 Å². The van der Waals surface area contributed by atoms with E-state index in [0.29, 0.717) is 23.7 Å². The van der Waals surface area contributed by atoms with Gasteiger partial charge in [-0.25, -0.2) is 9.18 Å². The number of nitrogens with one attached hydrogen (secondary N) is 2. The third-order valence-electron chi connectivity index (χ3n) is 4.36. The lowest BCUT2D eigenvalue weighted by Crippen LogP contribution is -2.45. The number of rotatable bonds is 3. The van der Waals surface area contributed by atoms with Crippen molar-refractivity contribution in [3.8, 4) is 0 Å². The van der Waals surface area contributed by atoms with E-state index in [0.717, 1.165) is 3.57 Å². The second-order valence-electron chi connectivity index (χ2n) is 6.56. The average molecular weight is 502 g/mol. The second-order valence-corrected chi connectivity index (χ2v) is 8.24. The number of hydrogen-bond donors (Lipinski definition) is 2. The first-order valence-corrected chi connectivity index (χ1v) is 9.88. The lowest BCUT2D eigenvalue weighted by molar-refractivity contribution is -0.119. The zero-order valence-electron chi connectivity index (χ0n) is 14.5. The number of urea groups is 1. The number of likely N-dealkylation sites (tertiary alicyclic amines) is 1. The van der Waals surface area contributed by atoms with Crippen LogP contribution in [-0.2, 0) is 4.79 Å². The van der Waals surface area contributed by atoms with Crippen molar-refractivity contribution in [3.63, 3.8) is 0 Å². The first-order valence-electron chi connectivity index (χ1n) is 8.42. The summed E-state index contributed by atoms with van der Waals surface area (Å²) >= 11 is 7.85. The summed E-state index contributed by atoms with van der Waals surface area (Å²) in [5.41, 5.74) is 0.699. The van der Waals surface area contributed by atoms with Crippen LogP contribution >= 0.6 is 34.2 Å². The molecule has 27 heavy (non-hydrogen) atoms. The maximum absolute atomic E-state index is 14.0. The van der Waals surface area contributed by atoms with Crippen LogP contribution < -0.4 is 10.6 Å². The third-order valence-corrected chi connectivity index (χ3v) is 5.28. The minimum atomic E-state index is -0.661. The van der Waals surface area contributed by atoms with Gasteiger partial charge in [-0.1, -0.05) is 18.5 Å². The van der Waals surface area contributed by atoms with Gasteiger partial charge in [-0.05, 0) is 77.4 Å². The van der Waals surface area contributed by atoms with Crippen molar-refractivity contribution in [2.45, 2.75) is 19.4 Å². The molecule has 0 radical (unpaired) electrons. The van der Waals surface area contributed by atoms with Gasteiger partial charge in [-0.3, -0.25) is 4.79 Å². The smallest absolute Gasteiger partial charge is 0.322 e. The molecule has 2 atom stereocenters. The number of nitrogens with zero attached hydrogens (tertiary/aromatic N) is 1. The maximum atomic E-state index is 14.0. The first kappa shape index (κ1) is 19.9. The van der Waals surface area contributed by atoms with Crippen LogP contribution in [0.1, 0.15) is 13.3 Å². The zero-order chi connectivity index (χ0) is 19.6. The Morgan fingerprint density at radius 3 is 2.56 bits per heavy atom. The molecular weight excluding hydrogens is 484 g/mol. The summed E-state index contributed by atoms with van der Waals surface area (Å²) < 4.78 is 14.8. The SMILES string of the molecule is CC1CC(C(=O)Nc2ccc(I)cc2F)N(C(=O)Nc2ccc(Cl)cc2)C1. The van der Waals surface area contributed by atoms with Gasteiger partial charge in [0.15, 0.2) is 0 Å². The maximum Gasteiger partial charge on any atom is 0.322 e. The van der Waals surface area contributed by atoms with Crippen molar-refractivity contribution >= 4 is 57.5 Å². The molecule has 1 fully saturated rings. The van der Waals surface area contributed by atoms with Gasteiger partial charge in [0.05, 0.1) is 5.69 Å². The zero-order valence-corrected chi connectivity index (χ0v) is 17.4. The van der Waals surface area contributed by atoms with Crippen LogP contribution in [-0.4, -0.2) is 29.4 Å². The molecule has 0 saturated carbocycles. The van der Waals surface area contributed by atoms with Crippen molar-refractivity contribution < 1.29 is 14.0 Å². The fourth-order valence-electron chi connectivity index (χ4n) is 3.05. The second kappa shape index (κ2) is 8.43. The Hall–Kier alpha value is -1.87. The number of carbonyl (C=O) groups is 2. The Morgan fingerprint density at radius 2 is 1.89 bits per heavy atom. The average Bonchev–Trinajstić information content (AvgIpc) is 3.01. The van der Waals surface area contributed by atoms with E-state index in [9.17, 15) is 14.0 Å². The normalized spacial score (nSPS) is 19.0. The monoisotopic (exact) mass is 501 g/mol. The van der Waals surface area contributed by atoms with E-state index in [1.54, 1.807) is 30.3 Å². The number of halogens is 3. The van der Waals surface area contributed by atoms with Crippen molar-refractivity contribution in [2.75, 3.05) is 17.2 Å². The van der Waals surface area contributed by atoms with Crippen molar-refractivity contribution in [1.29, 1.82) is 0 Å². The summed E-state index contributed by atoms with van der Waals surface area (Å²) in [5, 5.41) is 5.94. The highest BCUT2D eigenvalue weighted by atomic mass is 127. The van der Waals surface area contributed by atoms with Gasteiger partial charge < -0.3 is 15.5 Å². The van der Waals surface area contributed by atoms with Crippen molar-refractivity contribution in [2.24, 2.45) is 5.92 Å². The predicted molar refractivity (Wildman–Crippen MR) is 112 cm³/mol. The highest BCUT2D eigenvalue weighted by Crippen LogP contribution is 2.26. The Balaban J connectivity index is 1.71. The van der Waals surface area contributed by atoms with Crippen LogP contribution in [0.3, 0.4) is 0 Å². The lowest BCUT2D eigenvalue weighted by Gasteiger charge is -2.24. The number of anilines is 2. The molecule has 1 aliphatic heterocycles. The molecule has 1 aliphatic rings. The molecule has 2 aromatic carbocycles. The fourth-order valence-corrected chi connectivity index (χ4v) is 3.63. The molecule has 1 heterocycles. The molecule has 0 spiro atoms. The van der Waals surface area contributed by atoms with Gasteiger partial charge >= 0.3 is 6.03 Å². The van der Waals surface area contributed by atoms with E-state index in [1.165, 1.54) is 17.0 Å². The molecule has 0 aliphatic carbocycles. The summed E-state index contributed by atoms with van der Waals surface area (Å²) in [5.74, 6) is -0.734. The highest BCUT2D eigenvalue weighted by Gasteiger charge is 2.38. The van der Waals surface area contributed by atoms with E-state index in [2.05, 4.69) is 10.6 Å². The van der Waals surface area contributed by atoms with E-state index < -0.39 is 17.8 Å². The summed E-state index contributed by atoms with van der Waals surface area (Å²) in [6.45, 7) is 2.42. The van der Waals surface area contributed by atoms with Crippen LogP contribution in [0.4, 0.5) is 20.6 Å². The Kier molecular flexibility index (Phi) is 6.21.